The minimum absolute atomic E-state index is 0.0704. The highest BCUT2D eigenvalue weighted by atomic mass is 16.6. The molecule has 6 nitrogen and oxygen atoms in total. The SMILES string of the molecule is C[N+]1(CCc2cnccn2)CCC(OC(=O)C(O)(c2ccccc2)C2CCCC2)CC1. The molecule has 1 aromatic carbocycles. The Morgan fingerprint density at radius 3 is 2.48 bits per heavy atom. The van der Waals surface area contributed by atoms with Crippen LogP contribution in [0.5, 0.6) is 0 Å². The minimum atomic E-state index is -1.54. The van der Waals surface area contributed by atoms with E-state index in [9.17, 15) is 9.90 Å². The maximum Gasteiger partial charge on any atom is 0.343 e. The second-order valence-electron chi connectivity index (χ2n) is 9.46. The van der Waals surface area contributed by atoms with Crippen LogP contribution in [0.4, 0.5) is 0 Å². The molecule has 2 aromatic rings. The third kappa shape index (κ3) is 4.96. The number of rotatable bonds is 7. The maximum atomic E-state index is 13.3. The van der Waals surface area contributed by atoms with E-state index in [-0.39, 0.29) is 12.0 Å². The lowest BCUT2D eigenvalue weighted by molar-refractivity contribution is -0.914. The minimum Gasteiger partial charge on any atom is -0.460 e. The summed E-state index contributed by atoms with van der Waals surface area (Å²) in [6.07, 6.45) is 11.5. The summed E-state index contributed by atoms with van der Waals surface area (Å²) in [5.74, 6) is -0.537. The van der Waals surface area contributed by atoms with Gasteiger partial charge in [-0.1, -0.05) is 43.2 Å². The number of carbonyl (C=O) groups is 1. The highest BCUT2D eigenvalue weighted by Gasteiger charge is 2.49. The summed E-state index contributed by atoms with van der Waals surface area (Å²) in [6, 6.07) is 9.36. The van der Waals surface area contributed by atoms with Gasteiger partial charge in [-0.2, -0.15) is 0 Å². The van der Waals surface area contributed by atoms with Crippen molar-refractivity contribution in [3.63, 3.8) is 0 Å². The molecule has 1 atom stereocenters. The number of aliphatic hydroxyl groups is 1. The maximum absolute atomic E-state index is 13.3. The molecule has 0 amide bonds. The van der Waals surface area contributed by atoms with Crippen LogP contribution in [0.1, 0.15) is 49.8 Å². The second kappa shape index (κ2) is 9.45. The average Bonchev–Trinajstić information content (AvgIpc) is 3.36. The van der Waals surface area contributed by atoms with Crippen molar-refractivity contribution < 1.29 is 19.1 Å². The van der Waals surface area contributed by atoms with Gasteiger partial charge in [-0.25, -0.2) is 4.79 Å². The van der Waals surface area contributed by atoms with Crippen molar-refractivity contribution in [2.45, 2.75) is 56.7 Å². The Morgan fingerprint density at radius 1 is 1.13 bits per heavy atom. The first-order valence-electron chi connectivity index (χ1n) is 11.6. The van der Waals surface area contributed by atoms with Crippen LogP contribution in [0.3, 0.4) is 0 Å². The molecule has 31 heavy (non-hydrogen) atoms. The number of carbonyl (C=O) groups excluding carboxylic acids is 1. The van der Waals surface area contributed by atoms with Crippen molar-refractivity contribution in [1.29, 1.82) is 0 Å². The Balaban J connectivity index is 1.37. The van der Waals surface area contributed by atoms with Gasteiger partial charge in [0.2, 0.25) is 0 Å². The molecule has 1 N–H and O–H groups in total. The van der Waals surface area contributed by atoms with Crippen LogP contribution in [-0.2, 0) is 21.6 Å². The zero-order valence-electron chi connectivity index (χ0n) is 18.4. The number of benzene rings is 1. The summed E-state index contributed by atoms with van der Waals surface area (Å²) in [6.45, 7) is 2.90. The van der Waals surface area contributed by atoms with Gasteiger partial charge in [-0.15, -0.1) is 0 Å². The summed E-state index contributed by atoms with van der Waals surface area (Å²) < 4.78 is 6.90. The molecule has 1 aliphatic carbocycles. The van der Waals surface area contributed by atoms with Crippen LogP contribution in [0.2, 0.25) is 0 Å². The lowest BCUT2D eigenvalue weighted by Gasteiger charge is -2.41. The van der Waals surface area contributed by atoms with E-state index < -0.39 is 11.6 Å². The molecule has 1 aromatic heterocycles. The highest BCUT2D eigenvalue weighted by Crippen LogP contribution is 2.42. The largest absolute Gasteiger partial charge is 0.460 e. The van der Waals surface area contributed by atoms with Gasteiger partial charge in [0.1, 0.15) is 6.10 Å². The Kier molecular flexibility index (Phi) is 6.68. The highest BCUT2D eigenvalue weighted by molar-refractivity contribution is 5.81. The molecule has 1 aliphatic heterocycles. The van der Waals surface area contributed by atoms with E-state index in [1.807, 2.05) is 36.5 Å². The molecule has 0 bridgehead atoms. The number of piperidine rings is 1. The van der Waals surface area contributed by atoms with E-state index in [0.717, 1.165) is 74.8 Å². The monoisotopic (exact) mass is 424 g/mol. The molecule has 2 heterocycles. The van der Waals surface area contributed by atoms with E-state index in [1.165, 1.54) is 0 Å². The zero-order valence-corrected chi connectivity index (χ0v) is 18.4. The quantitative estimate of drug-likeness (QED) is 0.546. The zero-order chi connectivity index (χ0) is 21.7. The van der Waals surface area contributed by atoms with Gasteiger partial charge in [0, 0.05) is 43.8 Å². The fraction of sp³-hybridized carbons (Fsp3) is 0.560. The Hall–Kier alpha value is -2.31. The first-order valence-corrected chi connectivity index (χ1v) is 11.6. The third-order valence-electron chi connectivity index (χ3n) is 7.25. The van der Waals surface area contributed by atoms with Gasteiger partial charge in [0.05, 0.1) is 32.4 Å². The van der Waals surface area contributed by atoms with Gasteiger partial charge in [-0.3, -0.25) is 9.97 Å². The topological polar surface area (TPSA) is 72.3 Å². The van der Waals surface area contributed by atoms with E-state index in [2.05, 4.69) is 17.0 Å². The van der Waals surface area contributed by atoms with Crippen molar-refractivity contribution in [3.05, 3.63) is 60.2 Å². The van der Waals surface area contributed by atoms with E-state index in [0.29, 0.717) is 5.56 Å². The molecule has 166 valence electrons. The van der Waals surface area contributed by atoms with Crippen LogP contribution in [0.25, 0.3) is 0 Å². The molecule has 0 radical (unpaired) electrons. The number of esters is 1. The fourth-order valence-corrected chi connectivity index (χ4v) is 5.15. The molecule has 2 fully saturated rings. The van der Waals surface area contributed by atoms with E-state index in [4.69, 9.17) is 4.74 Å². The van der Waals surface area contributed by atoms with Gasteiger partial charge in [0.25, 0.3) is 0 Å². The standard InChI is InChI=1S/C25H34N3O3/c1-28(16-11-22-19-26-14-15-27-22)17-12-23(13-18-28)31-24(29)25(30,21-9-5-6-10-21)20-7-3-2-4-8-20/h2-4,7-8,14-15,19,21,23,30H,5-6,9-13,16-18H2,1H3/q+1. The van der Waals surface area contributed by atoms with Crippen molar-refractivity contribution >= 4 is 5.97 Å². The number of likely N-dealkylation sites (N-methyl/N-ethyl adjacent to an activating group) is 1. The first kappa shape index (κ1) is 21.9. The first-order chi connectivity index (χ1) is 15.0. The van der Waals surface area contributed by atoms with Gasteiger partial charge in [-0.05, 0) is 18.4 Å². The van der Waals surface area contributed by atoms with Gasteiger partial charge in [0.15, 0.2) is 5.60 Å². The Bertz CT molecular complexity index is 847. The van der Waals surface area contributed by atoms with Crippen LogP contribution in [0, 0.1) is 5.92 Å². The Labute approximate surface area is 184 Å². The molecule has 6 heteroatoms. The Morgan fingerprint density at radius 2 is 1.84 bits per heavy atom. The molecule has 1 saturated carbocycles. The number of nitrogens with zero attached hydrogens (tertiary/aromatic N) is 3. The average molecular weight is 425 g/mol. The second-order valence-corrected chi connectivity index (χ2v) is 9.46. The molecular formula is C25H34N3O3+. The number of aromatic nitrogens is 2. The van der Waals surface area contributed by atoms with E-state index in [1.54, 1.807) is 12.4 Å². The summed E-state index contributed by atoms with van der Waals surface area (Å²) in [5, 5.41) is 11.6. The summed E-state index contributed by atoms with van der Waals surface area (Å²) in [5.41, 5.74) is 0.131. The predicted molar refractivity (Wildman–Crippen MR) is 118 cm³/mol. The van der Waals surface area contributed by atoms with Crippen LogP contribution in [0.15, 0.2) is 48.9 Å². The number of likely N-dealkylation sites (tertiary alicyclic amines) is 1. The lowest BCUT2D eigenvalue weighted by Crippen LogP contribution is -2.53. The molecule has 4 rings (SSSR count). The summed E-state index contributed by atoms with van der Waals surface area (Å²) in [7, 11) is 2.26. The van der Waals surface area contributed by atoms with Gasteiger partial charge < -0.3 is 14.3 Å². The number of hydrogen-bond donors (Lipinski definition) is 1. The van der Waals surface area contributed by atoms with Crippen molar-refractivity contribution in [2.75, 3.05) is 26.7 Å². The molecular weight excluding hydrogens is 390 g/mol. The van der Waals surface area contributed by atoms with Crippen molar-refractivity contribution in [2.24, 2.45) is 5.92 Å². The number of quaternary nitrogens is 1. The van der Waals surface area contributed by atoms with E-state index >= 15 is 0 Å². The lowest BCUT2D eigenvalue weighted by atomic mass is 9.80. The molecule has 0 spiro atoms. The number of hydrogen-bond acceptors (Lipinski definition) is 5. The van der Waals surface area contributed by atoms with Crippen molar-refractivity contribution in [3.8, 4) is 0 Å². The van der Waals surface area contributed by atoms with Crippen LogP contribution >= 0.6 is 0 Å². The number of ether oxygens (including phenoxy) is 1. The molecule has 1 saturated heterocycles. The summed E-state index contributed by atoms with van der Waals surface area (Å²) in [4.78, 5) is 21.8. The molecule has 2 aliphatic rings. The summed E-state index contributed by atoms with van der Waals surface area (Å²) >= 11 is 0. The smallest absolute Gasteiger partial charge is 0.343 e. The van der Waals surface area contributed by atoms with Gasteiger partial charge >= 0.3 is 5.97 Å². The van der Waals surface area contributed by atoms with Crippen LogP contribution < -0.4 is 0 Å². The predicted octanol–water partition coefficient (Wildman–Crippen LogP) is 3.25. The molecule has 1 unspecified atom stereocenters. The van der Waals surface area contributed by atoms with Crippen molar-refractivity contribution in [1.82, 2.24) is 9.97 Å². The van der Waals surface area contributed by atoms with Crippen LogP contribution in [-0.4, -0.2) is 58.3 Å². The third-order valence-corrected chi connectivity index (χ3v) is 7.25. The normalized spacial score (nSPS) is 26.3. The fourth-order valence-electron chi connectivity index (χ4n) is 5.15.